The van der Waals surface area contributed by atoms with Crippen LogP contribution in [0, 0.1) is 6.92 Å². The van der Waals surface area contributed by atoms with Gasteiger partial charge in [0.2, 0.25) is 11.6 Å². The molecule has 0 aliphatic carbocycles. The topological polar surface area (TPSA) is 61.2 Å². The van der Waals surface area contributed by atoms with Gasteiger partial charge in [-0.3, -0.25) is 9.36 Å². The fourth-order valence-electron chi connectivity index (χ4n) is 1.94. The quantitative estimate of drug-likeness (QED) is 0.471. The van der Waals surface area contributed by atoms with Crippen molar-refractivity contribution in [3.05, 3.63) is 51.5 Å². The number of aromatic nitrogens is 2. The van der Waals surface area contributed by atoms with E-state index in [0.29, 0.717) is 5.69 Å². The molecule has 1 aromatic carbocycles. The van der Waals surface area contributed by atoms with Crippen molar-refractivity contribution in [1.82, 2.24) is 9.55 Å². The van der Waals surface area contributed by atoms with Crippen LogP contribution in [0.15, 0.2) is 24.4 Å². The number of imidazole rings is 1. The lowest BCUT2D eigenvalue weighted by molar-refractivity contribution is 0.0580. The summed E-state index contributed by atoms with van der Waals surface area (Å²) in [5, 5.41) is 0.362. The molecule has 5 nitrogen and oxygen atoms in total. The Morgan fingerprint density at radius 1 is 1.27 bits per heavy atom. The van der Waals surface area contributed by atoms with Crippen LogP contribution in [0.5, 0.6) is 0 Å². The summed E-state index contributed by atoms with van der Waals surface area (Å²) < 4.78 is 5.90. The van der Waals surface area contributed by atoms with Gasteiger partial charge in [0.05, 0.1) is 22.7 Å². The highest BCUT2D eigenvalue weighted by Crippen LogP contribution is 2.31. The Balaban J connectivity index is 2.49. The summed E-state index contributed by atoms with van der Waals surface area (Å²) in [5.74, 6) is -1.31. The molecule has 1 unspecified atom stereocenters. The van der Waals surface area contributed by atoms with E-state index >= 15 is 0 Å². The molecule has 0 amide bonds. The monoisotopic (exact) mass is 360 g/mol. The van der Waals surface area contributed by atoms with E-state index in [1.165, 1.54) is 30.0 Å². The number of halogens is 3. The fourth-order valence-corrected chi connectivity index (χ4v) is 2.88. The summed E-state index contributed by atoms with van der Waals surface area (Å²) in [4.78, 5) is 28.2. The number of hydrogen-bond donors (Lipinski definition) is 0. The molecule has 1 atom stereocenters. The molecule has 0 aliphatic rings. The normalized spacial score (nSPS) is 12.0. The van der Waals surface area contributed by atoms with Gasteiger partial charge >= 0.3 is 5.97 Å². The number of ketones is 1. The van der Waals surface area contributed by atoms with Crippen LogP contribution in [0.25, 0.3) is 0 Å². The van der Waals surface area contributed by atoms with Gasteiger partial charge in [0, 0.05) is 11.9 Å². The molecule has 0 radical (unpaired) electrons. The summed E-state index contributed by atoms with van der Waals surface area (Å²) in [6, 6.07) is 4.69. The van der Waals surface area contributed by atoms with Gasteiger partial charge in [-0.1, -0.05) is 40.9 Å². The van der Waals surface area contributed by atoms with Crippen LogP contribution in [0.1, 0.15) is 32.2 Å². The zero-order valence-corrected chi connectivity index (χ0v) is 13.9. The number of carbonyl (C=O) groups excluding carboxylic acids is 2. The van der Waals surface area contributed by atoms with Crippen molar-refractivity contribution in [3.8, 4) is 0 Å². The van der Waals surface area contributed by atoms with E-state index in [2.05, 4.69) is 9.72 Å². The van der Waals surface area contributed by atoms with E-state index in [9.17, 15) is 9.59 Å². The maximum Gasteiger partial charge on any atom is 0.374 e. The summed E-state index contributed by atoms with van der Waals surface area (Å²) >= 11 is 18.3. The third-order valence-corrected chi connectivity index (χ3v) is 4.03. The first-order valence-electron chi connectivity index (χ1n) is 6.13. The van der Waals surface area contributed by atoms with Crippen molar-refractivity contribution in [2.75, 3.05) is 7.11 Å². The first-order chi connectivity index (χ1) is 10.4. The number of Topliss-reactive ketones (excluding diaryl/α,β-unsaturated/α-hetero) is 1. The van der Waals surface area contributed by atoms with Crippen molar-refractivity contribution < 1.29 is 14.3 Å². The summed E-state index contributed by atoms with van der Waals surface area (Å²) in [6.45, 7) is 1.66. The second-order valence-electron chi connectivity index (χ2n) is 4.38. The van der Waals surface area contributed by atoms with Gasteiger partial charge in [-0.2, -0.15) is 0 Å². The van der Waals surface area contributed by atoms with E-state index in [1.807, 2.05) is 0 Å². The standard InChI is InChI=1S/C14H11Cl3N2O3/c1-7-6-18-13(14(21)22-2)19(7)12(17)11(20)10-8(15)4-3-5-9(10)16/h3-6,12H,1-2H3. The van der Waals surface area contributed by atoms with Crippen LogP contribution in [0.3, 0.4) is 0 Å². The van der Waals surface area contributed by atoms with E-state index in [1.54, 1.807) is 13.0 Å². The minimum absolute atomic E-state index is 0.0727. The van der Waals surface area contributed by atoms with Crippen molar-refractivity contribution in [2.24, 2.45) is 0 Å². The number of hydrogen-bond acceptors (Lipinski definition) is 4. The summed E-state index contributed by atoms with van der Waals surface area (Å²) in [6.07, 6.45) is 1.42. The molecule has 0 saturated carbocycles. The van der Waals surface area contributed by atoms with Crippen molar-refractivity contribution in [2.45, 2.75) is 12.4 Å². The molecule has 0 spiro atoms. The fraction of sp³-hybridized carbons (Fsp3) is 0.214. The largest absolute Gasteiger partial charge is 0.463 e. The highest BCUT2D eigenvalue weighted by Gasteiger charge is 2.29. The van der Waals surface area contributed by atoms with Crippen molar-refractivity contribution >= 4 is 46.6 Å². The van der Waals surface area contributed by atoms with E-state index < -0.39 is 17.3 Å². The number of aryl methyl sites for hydroxylation is 1. The van der Waals surface area contributed by atoms with Gasteiger partial charge in [-0.25, -0.2) is 9.78 Å². The Labute approximate surface area is 141 Å². The molecule has 2 aromatic rings. The second kappa shape index (κ2) is 6.69. The number of benzene rings is 1. The van der Waals surface area contributed by atoms with Gasteiger partial charge < -0.3 is 4.74 Å². The Morgan fingerprint density at radius 2 is 1.86 bits per heavy atom. The molecule has 1 heterocycles. The SMILES string of the molecule is COC(=O)c1ncc(C)n1C(Cl)C(=O)c1c(Cl)cccc1Cl. The molecule has 22 heavy (non-hydrogen) atoms. The lowest BCUT2D eigenvalue weighted by Gasteiger charge is -2.16. The van der Waals surface area contributed by atoms with E-state index in [0.717, 1.165) is 0 Å². The Kier molecular flexibility index (Phi) is 5.11. The Hall–Kier alpha value is -1.56. The van der Waals surface area contributed by atoms with Gasteiger partial charge in [0.15, 0.2) is 5.50 Å². The molecule has 2 rings (SSSR count). The van der Waals surface area contributed by atoms with Crippen LogP contribution in [0.2, 0.25) is 10.0 Å². The minimum atomic E-state index is -1.23. The highest BCUT2D eigenvalue weighted by molar-refractivity contribution is 6.42. The maximum absolute atomic E-state index is 12.6. The number of esters is 1. The average Bonchev–Trinajstić information content (AvgIpc) is 2.87. The number of rotatable bonds is 4. The van der Waals surface area contributed by atoms with E-state index in [4.69, 9.17) is 34.8 Å². The third-order valence-electron chi connectivity index (χ3n) is 3.00. The lowest BCUT2D eigenvalue weighted by Crippen LogP contribution is -2.21. The second-order valence-corrected chi connectivity index (χ2v) is 5.61. The predicted molar refractivity (Wildman–Crippen MR) is 84.0 cm³/mol. The molecule has 0 aliphatic heterocycles. The number of alkyl halides is 1. The Bertz CT molecular complexity index is 723. The number of carbonyl (C=O) groups is 2. The van der Waals surface area contributed by atoms with Crippen molar-refractivity contribution in [1.29, 1.82) is 0 Å². The number of methoxy groups -OCH3 is 1. The van der Waals surface area contributed by atoms with Gasteiger partial charge in [0.1, 0.15) is 0 Å². The van der Waals surface area contributed by atoms with Gasteiger partial charge in [-0.15, -0.1) is 0 Å². The number of ether oxygens (including phenoxy) is 1. The van der Waals surface area contributed by atoms with Crippen LogP contribution < -0.4 is 0 Å². The predicted octanol–water partition coefficient (Wildman–Crippen LogP) is 3.91. The lowest BCUT2D eigenvalue weighted by atomic mass is 10.1. The van der Waals surface area contributed by atoms with Crippen LogP contribution >= 0.6 is 34.8 Å². The van der Waals surface area contributed by atoms with Gasteiger partial charge in [0.25, 0.3) is 0 Å². The molecule has 0 N–H and O–H groups in total. The summed E-state index contributed by atoms with van der Waals surface area (Å²) in [7, 11) is 1.21. The molecule has 0 fully saturated rings. The third kappa shape index (κ3) is 2.97. The summed E-state index contributed by atoms with van der Waals surface area (Å²) in [5.41, 5.74) is -0.610. The molecule has 116 valence electrons. The molecule has 8 heteroatoms. The van der Waals surface area contributed by atoms with E-state index in [-0.39, 0.29) is 21.4 Å². The Morgan fingerprint density at radius 3 is 2.41 bits per heavy atom. The van der Waals surface area contributed by atoms with Gasteiger partial charge in [-0.05, 0) is 19.1 Å². The first-order valence-corrected chi connectivity index (χ1v) is 7.32. The molecule has 1 aromatic heterocycles. The average molecular weight is 362 g/mol. The molecule has 0 bridgehead atoms. The zero-order valence-electron chi connectivity index (χ0n) is 11.6. The van der Waals surface area contributed by atoms with Crippen molar-refractivity contribution in [3.63, 3.8) is 0 Å². The van der Waals surface area contributed by atoms with Crippen LogP contribution in [0.4, 0.5) is 0 Å². The molecular formula is C14H11Cl3N2O3. The smallest absolute Gasteiger partial charge is 0.374 e. The highest BCUT2D eigenvalue weighted by atomic mass is 35.5. The minimum Gasteiger partial charge on any atom is -0.463 e. The van der Waals surface area contributed by atoms with Crippen LogP contribution in [-0.2, 0) is 4.74 Å². The van der Waals surface area contributed by atoms with Crippen LogP contribution in [-0.4, -0.2) is 28.4 Å². The molecular weight excluding hydrogens is 351 g/mol. The zero-order chi connectivity index (χ0) is 16.4. The molecule has 0 saturated heterocycles. The maximum atomic E-state index is 12.6. The number of nitrogens with zero attached hydrogens (tertiary/aromatic N) is 2. The first kappa shape index (κ1) is 16.8.